The van der Waals surface area contributed by atoms with Crippen LogP contribution in [-0.2, 0) is 0 Å². The van der Waals surface area contributed by atoms with Gasteiger partial charge in [-0.3, -0.25) is 0 Å². The largest absolute Gasteiger partial charge is 0.0776 e. The lowest BCUT2D eigenvalue weighted by Gasteiger charge is -2.24. The van der Waals surface area contributed by atoms with Crippen LogP contribution in [0.15, 0.2) is 0 Å². The molecule has 0 unspecified atom stereocenters. The van der Waals surface area contributed by atoms with Crippen LogP contribution < -0.4 is 0 Å². The molecule has 0 amide bonds. The van der Waals surface area contributed by atoms with Crippen LogP contribution in [0.3, 0.4) is 0 Å². The van der Waals surface area contributed by atoms with Crippen molar-refractivity contribution in [2.75, 3.05) is 0 Å². The molecule has 0 atom stereocenters. The Balaban J connectivity index is 0. The molecule has 0 radical (unpaired) electrons. The second kappa shape index (κ2) is 9.55. The van der Waals surface area contributed by atoms with Crippen molar-refractivity contribution in [2.45, 2.75) is 74.1 Å². The maximum Gasteiger partial charge on any atom is -0.0391 e. The van der Waals surface area contributed by atoms with Gasteiger partial charge in [0.1, 0.15) is 0 Å². The van der Waals surface area contributed by atoms with E-state index < -0.39 is 0 Å². The van der Waals surface area contributed by atoms with Crippen LogP contribution in [0.1, 0.15) is 74.1 Å². The quantitative estimate of drug-likeness (QED) is 0.523. The second-order valence-corrected chi connectivity index (χ2v) is 5.37. The summed E-state index contributed by atoms with van der Waals surface area (Å²) < 4.78 is 0. The highest BCUT2D eigenvalue weighted by molar-refractivity contribution is 4.67. The summed E-state index contributed by atoms with van der Waals surface area (Å²) in [4.78, 5) is 0. The average molecular weight is 200 g/mol. The molecule has 14 heavy (non-hydrogen) atoms. The molecule has 1 aliphatic carbocycles. The molecule has 0 aromatic carbocycles. The molecule has 0 aliphatic heterocycles. The third-order valence-corrected chi connectivity index (χ3v) is 2.59. The fraction of sp³-hybridized carbons (Fsp3) is 1.00. The summed E-state index contributed by atoms with van der Waals surface area (Å²) in [6.07, 6.45) is 7.46. The predicted octanol–water partition coefficient (Wildman–Crippen LogP) is 5.52. The van der Waals surface area contributed by atoms with Gasteiger partial charge in [-0.15, -0.1) is 0 Å². The second-order valence-electron chi connectivity index (χ2n) is 5.37. The minimum Gasteiger partial charge on any atom is -0.0776 e. The van der Waals surface area contributed by atoms with Crippen LogP contribution in [0, 0.1) is 17.8 Å². The molecule has 0 heteroatoms. The highest BCUT2D eigenvalue weighted by Crippen LogP contribution is 2.29. The molecule has 0 saturated heterocycles. The van der Waals surface area contributed by atoms with Gasteiger partial charge in [0.25, 0.3) is 0 Å². The Labute approximate surface area is 92.5 Å². The molecule has 88 valence electrons. The van der Waals surface area contributed by atoms with Gasteiger partial charge >= 0.3 is 0 Å². The molecule has 0 aromatic rings. The Kier molecular flexibility index (Phi) is 11.2. The molecular formula is C14H32. The van der Waals surface area contributed by atoms with Crippen LogP contribution in [0.2, 0.25) is 0 Å². The van der Waals surface area contributed by atoms with Gasteiger partial charge in [-0.1, -0.05) is 74.1 Å². The summed E-state index contributed by atoms with van der Waals surface area (Å²) in [6, 6.07) is 0. The van der Waals surface area contributed by atoms with Crippen molar-refractivity contribution in [3.63, 3.8) is 0 Å². The van der Waals surface area contributed by atoms with E-state index in [0.29, 0.717) is 0 Å². The first-order chi connectivity index (χ1) is 6.04. The van der Waals surface area contributed by atoms with Gasteiger partial charge in [-0.05, 0) is 17.8 Å². The van der Waals surface area contributed by atoms with E-state index in [1.54, 1.807) is 0 Å². The van der Waals surface area contributed by atoms with E-state index >= 15 is 0 Å². The summed E-state index contributed by atoms with van der Waals surface area (Å²) in [5, 5.41) is 0. The minimum atomic E-state index is 0. The number of hydrogen-bond acceptors (Lipinski definition) is 0. The van der Waals surface area contributed by atoms with Crippen molar-refractivity contribution in [1.29, 1.82) is 0 Å². The zero-order chi connectivity index (χ0) is 10.3. The SMILES string of the molecule is C.CC(C)C.CC(C)C1CCCCC1. The Bertz CT molecular complexity index is 93.9. The Hall–Kier alpha value is 0. The third-order valence-electron chi connectivity index (χ3n) is 2.59. The first-order valence-corrected chi connectivity index (χ1v) is 6.04. The Morgan fingerprint density at radius 3 is 1.36 bits per heavy atom. The first kappa shape index (κ1) is 16.4. The normalized spacial score (nSPS) is 17.4. The van der Waals surface area contributed by atoms with Gasteiger partial charge in [-0.2, -0.15) is 0 Å². The van der Waals surface area contributed by atoms with E-state index in [1.165, 1.54) is 32.1 Å². The summed E-state index contributed by atoms with van der Waals surface area (Å²) in [6.45, 7) is 11.2. The predicted molar refractivity (Wildman–Crippen MR) is 68.7 cm³/mol. The minimum absolute atomic E-state index is 0. The molecule has 1 fully saturated rings. The Morgan fingerprint density at radius 1 is 0.786 bits per heavy atom. The van der Waals surface area contributed by atoms with E-state index in [-0.39, 0.29) is 7.43 Å². The number of rotatable bonds is 1. The molecule has 0 heterocycles. The molecule has 0 spiro atoms. The van der Waals surface area contributed by atoms with Crippen LogP contribution in [-0.4, -0.2) is 0 Å². The fourth-order valence-corrected chi connectivity index (χ4v) is 1.80. The molecule has 1 rings (SSSR count). The highest BCUT2D eigenvalue weighted by Gasteiger charge is 2.15. The van der Waals surface area contributed by atoms with Crippen molar-refractivity contribution >= 4 is 0 Å². The van der Waals surface area contributed by atoms with Crippen LogP contribution in [0.25, 0.3) is 0 Å². The van der Waals surface area contributed by atoms with E-state index in [0.717, 1.165) is 17.8 Å². The third kappa shape index (κ3) is 10.1. The van der Waals surface area contributed by atoms with Crippen LogP contribution in [0.5, 0.6) is 0 Å². The smallest absolute Gasteiger partial charge is 0.0391 e. The van der Waals surface area contributed by atoms with Crippen molar-refractivity contribution in [3.8, 4) is 0 Å². The van der Waals surface area contributed by atoms with Gasteiger partial charge in [0.05, 0.1) is 0 Å². The van der Waals surface area contributed by atoms with Gasteiger partial charge in [0, 0.05) is 0 Å². The first-order valence-electron chi connectivity index (χ1n) is 6.04. The zero-order valence-corrected chi connectivity index (χ0v) is 10.3. The van der Waals surface area contributed by atoms with E-state index in [2.05, 4.69) is 34.6 Å². The van der Waals surface area contributed by atoms with E-state index in [1.807, 2.05) is 0 Å². The molecule has 1 saturated carbocycles. The molecular weight excluding hydrogens is 168 g/mol. The van der Waals surface area contributed by atoms with Gasteiger partial charge in [0.15, 0.2) is 0 Å². The monoisotopic (exact) mass is 200 g/mol. The van der Waals surface area contributed by atoms with Gasteiger partial charge in [-0.25, -0.2) is 0 Å². The van der Waals surface area contributed by atoms with Gasteiger partial charge < -0.3 is 0 Å². The maximum atomic E-state index is 2.36. The highest BCUT2D eigenvalue weighted by atomic mass is 14.2. The van der Waals surface area contributed by atoms with Gasteiger partial charge in [0.2, 0.25) is 0 Å². The molecule has 0 aromatic heterocycles. The van der Waals surface area contributed by atoms with E-state index in [4.69, 9.17) is 0 Å². The van der Waals surface area contributed by atoms with Crippen molar-refractivity contribution in [2.24, 2.45) is 17.8 Å². The van der Waals surface area contributed by atoms with Crippen LogP contribution in [0.4, 0.5) is 0 Å². The van der Waals surface area contributed by atoms with Crippen molar-refractivity contribution < 1.29 is 0 Å². The lowest BCUT2D eigenvalue weighted by atomic mass is 9.82. The molecule has 1 aliphatic rings. The summed E-state index contributed by atoms with van der Waals surface area (Å²) in [5.74, 6) is 2.82. The lowest BCUT2D eigenvalue weighted by molar-refractivity contribution is 0.279. The molecule has 0 N–H and O–H groups in total. The number of hydrogen-bond donors (Lipinski definition) is 0. The molecule has 0 nitrogen and oxygen atoms in total. The molecule has 0 bridgehead atoms. The Morgan fingerprint density at radius 2 is 1.14 bits per heavy atom. The fourth-order valence-electron chi connectivity index (χ4n) is 1.80. The average Bonchev–Trinajstić information content (AvgIpc) is 2.05. The maximum absolute atomic E-state index is 2.36. The topological polar surface area (TPSA) is 0 Å². The van der Waals surface area contributed by atoms with Crippen LogP contribution >= 0.6 is 0 Å². The lowest BCUT2D eigenvalue weighted by Crippen LogP contribution is -2.12. The summed E-state index contributed by atoms with van der Waals surface area (Å²) >= 11 is 0. The van der Waals surface area contributed by atoms with E-state index in [9.17, 15) is 0 Å². The summed E-state index contributed by atoms with van der Waals surface area (Å²) in [7, 11) is 0. The standard InChI is InChI=1S/C9H18.C4H10.CH4/c1-8(2)9-6-4-3-5-7-9;1-4(2)3;/h8-9H,3-7H2,1-2H3;4H,1-3H3;1H4. The van der Waals surface area contributed by atoms with Crippen molar-refractivity contribution in [1.82, 2.24) is 0 Å². The zero-order valence-electron chi connectivity index (χ0n) is 10.3. The van der Waals surface area contributed by atoms with Crippen molar-refractivity contribution in [3.05, 3.63) is 0 Å². The summed E-state index contributed by atoms with van der Waals surface area (Å²) in [5.41, 5.74) is 0.